The van der Waals surface area contributed by atoms with Crippen molar-refractivity contribution in [2.45, 2.75) is 12.5 Å². The molecule has 1 atom stereocenters. The fourth-order valence-electron chi connectivity index (χ4n) is 0.507. The molecular weight excluding hydrogens is 164 g/mol. The van der Waals surface area contributed by atoms with Gasteiger partial charge in [0.1, 0.15) is 0 Å². The summed E-state index contributed by atoms with van der Waals surface area (Å²) in [6.45, 7) is 0.687. The summed E-state index contributed by atoms with van der Waals surface area (Å²) in [5, 5.41) is 0. The fourth-order valence-corrected chi connectivity index (χ4v) is 1.32. The molecule has 0 spiro atoms. The third-order valence-electron chi connectivity index (χ3n) is 1.09. The lowest BCUT2D eigenvalue weighted by atomic mass is 10.4. The van der Waals surface area contributed by atoms with Crippen LogP contribution < -0.4 is 0 Å². The zero-order valence-electron chi connectivity index (χ0n) is 4.71. The predicted molar refractivity (Wildman–Crippen MR) is 34.0 cm³/mol. The molecule has 1 aliphatic heterocycles. The lowest BCUT2D eigenvalue weighted by Crippen LogP contribution is -2.00. The monoisotopic (exact) mass is 170 g/mol. The Kier molecular flexibility index (Phi) is 1.98. The summed E-state index contributed by atoms with van der Waals surface area (Å²) in [7, 11) is 1.63. The van der Waals surface area contributed by atoms with Gasteiger partial charge in [0, 0.05) is 10.7 Å². The Bertz CT molecular complexity index is 182. The lowest BCUT2D eigenvalue weighted by Gasteiger charge is -1.88. The first-order valence-electron chi connectivity index (χ1n) is 2.62. The van der Waals surface area contributed by atoms with Crippen LogP contribution in [0.25, 0.3) is 0 Å². The molecule has 0 aromatic heterocycles. The first kappa shape index (κ1) is 7.31. The van der Waals surface area contributed by atoms with Crippen molar-refractivity contribution in [3.05, 3.63) is 0 Å². The number of epoxide rings is 1. The molecule has 0 radical (unpaired) electrons. The standard InChI is InChI=1S/C4H7ClO3S/c5-9(6,7)2-1-4-3-8-4/h4H,1-3H2. The van der Waals surface area contributed by atoms with Gasteiger partial charge in [0.25, 0.3) is 0 Å². The Hall–Kier alpha value is 0.200. The summed E-state index contributed by atoms with van der Waals surface area (Å²) in [6, 6.07) is 0. The maximum absolute atomic E-state index is 10.3. The van der Waals surface area contributed by atoms with Crippen LogP contribution in [0, 0.1) is 0 Å². The van der Waals surface area contributed by atoms with Gasteiger partial charge in [-0.1, -0.05) is 0 Å². The van der Waals surface area contributed by atoms with E-state index < -0.39 is 9.05 Å². The first-order valence-corrected chi connectivity index (χ1v) is 5.10. The Morgan fingerprint density at radius 3 is 2.56 bits per heavy atom. The van der Waals surface area contributed by atoms with Gasteiger partial charge in [0.2, 0.25) is 9.05 Å². The average molecular weight is 171 g/mol. The molecule has 0 amide bonds. The molecule has 0 aromatic rings. The van der Waals surface area contributed by atoms with Gasteiger partial charge in [-0.25, -0.2) is 8.42 Å². The van der Waals surface area contributed by atoms with E-state index in [1.54, 1.807) is 0 Å². The van der Waals surface area contributed by atoms with Crippen LogP contribution in [-0.2, 0) is 13.8 Å². The largest absolute Gasteiger partial charge is 0.373 e. The average Bonchev–Trinajstić information content (AvgIpc) is 2.38. The summed E-state index contributed by atoms with van der Waals surface area (Å²) in [5.74, 6) is 0.0270. The summed E-state index contributed by atoms with van der Waals surface area (Å²) >= 11 is 0. The second-order valence-electron chi connectivity index (χ2n) is 1.99. The molecule has 1 saturated heterocycles. The van der Waals surface area contributed by atoms with Crippen LogP contribution >= 0.6 is 10.7 Å². The van der Waals surface area contributed by atoms with Crippen molar-refractivity contribution in [2.75, 3.05) is 12.4 Å². The Balaban J connectivity index is 2.18. The second-order valence-corrected chi connectivity index (χ2v) is 4.88. The maximum atomic E-state index is 10.3. The SMILES string of the molecule is O=S(=O)(Cl)CCC1CO1. The molecule has 1 unspecified atom stereocenters. The van der Waals surface area contributed by atoms with Crippen LogP contribution in [0.15, 0.2) is 0 Å². The van der Waals surface area contributed by atoms with Crippen LogP contribution in [0.1, 0.15) is 6.42 Å². The topological polar surface area (TPSA) is 46.7 Å². The normalized spacial score (nSPS) is 26.1. The van der Waals surface area contributed by atoms with Crippen LogP contribution in [-0.4, -0.2) is 26.9 Å². The highest BCUT2D eigenvalue weighted by molar-refractivity contribution is 8.13. The number of rotatable bonds is 3. The molecule has 0 aliphatic carbocycles. The zero-order valence-corrected chi connectivity index (χ0v) is 6.28. The van der Waals surface area contributed by atoms with Gasteiger partial charge in [-0.05, 0) is 6.42 Å². The first-order chi connectivity index (χ1) is 4.08. The van der Waals surface area contributed by atoms with Crippen LogP contribution in [0.4, 0.5) is 0 Å². The Morgan fingerprint density at radius 2 is 2.22 bits per heavy atom. The zero-order chi connectivity index (χ0) is 6.91. The minimum atomic E-state index is -3.29. The molecule has 5 heteroatoms. The number of hydrogen-bond donors (Lipinski definition) is 0. The van der Waals surface area contributed by atoms with Crippen LogP contribution in [0.5, 0.6) is 0 Å². The van der Waals surface area contributed by atoms with Gasteiger partial charge in [-0.15, -0.1) is 0 Å². The number of halogens is 1. The minimum absolute atomic E-state index is 0.0270. The van der Waals surface area contributed by atoms with Crippen molar-refractivity contribution in [3.8, 4) is 0 Å². The third-order valence-corrected chi connectivity index (χ3v) is 2.27. The van der Waals surface area contributed by atoms with Gasteiger partial charge in [0.15, 0.2) is 0 Å². The molecule has 54 valence electrons. The van der Waals surface area contributed by atoms with Gasteiger partial charge < -0.3 is 4.74 Å². The van der Waals surface area contributed by atoms with Crippen LogP contribution in [0.3, 0.4) is 0 Å². The summed E-state index contributed by atoms with van der Waals surface area (Å²) in [6.07, 6.45) is 0.685. The smallest absolute Gasteiger partial charge is 0.232 e. The highest BCUT2D eigenvalue weighted by atomic mass is 35.7. The van der Waals surface area contributed by atoms with E-state index in [-0.39, 0.29) is 11.9 Å². The van der Waals surface area contributed by atoms with E-state index >= 15 is 0 Å². The molecular formula is C4H7ClO3S. The van der Waals surface area contributed by atoms with Crippen molar-refractivity contribution in [3.63, 3.8) is 0 Å². The lowest BCUT2D eigenvalue weighted by molar-refractivity contribution is 0.403. The fraction of sp³-hybridized carbons (Fsp3) is 1.00. The molecule has 1 rings (SSSR count). The van der Waals surface area contributed by atoms with Crippen LogP contribution in [0.2, 0.25) is 0 Å². The third kappa shape index (κ3) is 3.72. The van der Waals surface area contributed by atoms with Crippen molar-refractivity contribution < 1.29 is 13.2 Å². The van der Waals surface area contributed by atoms with Crippen molar-refractivity contribution in [1.82, 2.24) is 0 Å². The highest BCUT2D eigenvalue weighted by Crippen LogP contribution is 2.15. The summed E-state index contributed by atoms with van der Waals surface area (Å²) in [4.78, 5) is 0. The maximum Gasteiger partial charge on any atom is 0.232 e. The molecule has 1 heterocycles. The van der Waals surface area contributed by atoms with Crippen molar-refractivity contribution in [2.24, 2.45) is 0 Å². The van der Waals surface area contributed by atoms with Gasteiger partial charge in [-0.3, -0.25) is 0 Å². The number of ether oxygens (including phenoxy) is 1. The van der Waals surface area contributed by atoms with E-state index in [9.17, 15) is 8.42 Å². The summed E-state index contributed by atoms with van der Waals surface area (Å²) in [5.41, 5.74) is 0. The second kappa shape index (κ2) is 2.44. The van der Waals surface area contributed by atoms with Crippen molar-refractivity contribution >= 4 is 19.7 Å². The minimum Gasteiger partial charge on any atom is -0.373 e. The molecule has 0 bridgehead atoms. The summed E-state index contributed by atoms with van der Waals surface area (Å²) < 4.78 is 25.3. The molecule has 1 aliphatic rings. The van der Waals surface area contributed by atoms with Gasteiger partial charge in [0.05, 0.1) is 18.5 Å². The molecule has 0 N–H and O–H groups in total. The van der Waals surface area contributed by atoms with E-state index in [1.165, 1.54) is 0 Å². The van der Waals surface area contributed by atoms with Gasteiger partial charge >= 0.3 is 0 Å². The molecule has 1 fully saturated rings. The molecule has 0 saturated carbocycles. The van der Waals surface area contributed by atoms with Crippen molar-refractivity contribution in [1.29, 1.82) is 0 Å². The van der Waals surface area contributed by atoms with Gasteiger partial charge in [-0.2, -0.15) is 0 Å². The van der Waals surface area contributed by atoms with E-state index in [4.69, 9.17) is 15.4 Å². The molecule has 3 nitrogen and oxygen atoms in total. The van der Waals surface area contributed by atoms with E-state index in [0.717, 1.165) is 0 Å². The Morgan fingerprint density at radius 1 is 1.67 bits per heavy atom. The van der Waals surface area contributed by atoms with E-state index in [1.807, 2.05) is 0 Å². The molecule has 0 aromatic carbocycles. The molecule has 9 heavy (non-hydrogen) atoms. The Labute approximate surface area is 58.4 Å². The van der Waals surface area contributed by atoms with E-state index in [0.29, 0.717) is 13.0 Å². The number of hydrogen-bond acceptors (Lipinski definition) is 3. The highest BCUT2D eigenvalue weighted by Gasteiger charge is 2.23. The predicted octanol–water partition coefficient (Wildman–Crippen LogP) is 0.344. The quantitative estimate of drug-likeness (QED) is 0.454. The van der Waals surface area contributed by atoms with E-state index in [2.05, 4.69) is 0 Å².